The number of aryl methyl sites for hydroxylation is 1. The summed E-state index contributed by atoms with van der Waals surface area (Å²) in [5.41, 5.74) is 1.79. The molecule has 2 fully saturated rings. The Balaban J connectivity index is 1.58. The molecule has 1 aromatic rings. The van der Waals surface area contributed by atoms with Crippen molar-refractivity contribution in [1.29, 1.82) is 0 Å². The Morgan fingerprint density at radius 1 is 1.08 bits per heavy atom. The van der Waals surface area contributed by atoms with E-state index in [0.29, 0.717) is 5.75 Å². The summed E-state index contributed by atoms with van der Waals surface area (Å²) in [4.78, 5) is 0. The first-order chi connectivity index (χ1) is 11.6. The van der Waals surface area contributed by atoms with Crippen LogP contribution in [-0.2, 0) is 11.8 Å². The van der Waals surface area contributed by atoms with Gasteiger partial charge in [0.1, 0.15) is 5.75 Å². The van der Waals surface area contributed by atoms with Crippen LogP contribution in [0, 0.1) is 5.92 Å². The number of phenolic OH excluding ortho intramolecular Hbond substituents is 1. The van der Waals surface area contributed by atoms with E-state index in [4.69, 9.17) is 0 Å². The number of hydrogen-bond acceptors (Lipinski definition) is 3. The molecular weight excluding hydrogens is 298 g/mol. The molecule has 0 spiro atoms. The second kappa shape index (κ2) is 6.34. The van der Waals surface area contributed by atoms with E-state index < -0.39 is 5.60 Å². The average molecular weight is 329 g/mol. The largest absolute Gasteiger partial charge is 0.508 e. The first-order valence-electron chi connectivity index (χ1n) is 9.88. The maximum Gasteiger partial charge on any atom is 0.115 e. The molecule has 3 N–H and O–H groups in total. The zero-order chi connectivity index (χ0) is 16.6. The standard InChI is InChI=1S/C21H31NO2/c23-18-7-6-17-8-11-21(24)10-2-1-9-20(21,19(17)14-18)12-13-22-15-16-4-3-5-16/h6-7,14,16,22-24H,1-5,8-13,15H2/t20-,21+/m1/s1. The molecule has 1 aromatic carbocycles. The predicted octanol–water partition coefficient (Wildman–Crippen LogP) is 3.66. The summed E-state index contributed by atoms with van der Waals surface area (Å²) in [6.45, 7) is 2.09. The smallest absolute Gasteiger partial charge is 0.115 e. The van der Waals surface area contributed by atoms with Crippen LogP contribution in [0.4, 0.5) is 0 Å². The lowest BCUT2D eigenvalue weighted by atomic mass is 9.53. The lowest BCUT2D eigenvalue weighted by molar-refractivity contribution is -0.0869. The second-order valence-electron chi connectivity index (χ2n) is 8.41. The van der Waals surface area contributed by atoms with Crippen LogP contribution in [0.1, 0.15) is 68.9 Å². The lowest BCUT2D eigenvalue weighted by Gasteiger charge is -2.55. The molecule has 132 valence electrons. The summed E-state index contributed by atoms with van der Waals surface area (Å²) in [7, 11) is 0. The Labute approximate surface area is 145 Å². The number of nitrogens with one attached hydrogen (secondary N) is 1. The zero-order valence-electron chi connectivity index (χ0n) is 14.7. The zero-order valence-corrected chi connectivity index (χ0v) is 14.7. The summed E-state index contributed by atoms with van der Waals surface area (Å²) in [5.74, 6) is 1.21. The van der Waals surface area contributed by atoms with E-state index in [9.17, 15) is 10.2 Å². The van der Waals surface area contributed by atoms with Gasteiger partial charge >= 0.3 is 0 Å². The van der Waals surface area contributed by atoms with Crippen LogP contribution in [-0.4, -0.2) is 28.9 Å². The van der Waals surface area contributed by atoms with Crippen LogP contribution in [0.2, 0.25) is 0 Å². The van der Waals surface area contributed by atoms with Crippen LogP contribution in [0.5, 0.6) is 5.75 Å². The van der Waals surface area contributed by atoms with E-state index in [1.165, 1.54) is 36.8 Å². The third-order valence-corrected chi connectivity index (χ3v) is 7.14. The highest BCUT2D eigenvalue weighted by atomic mass is 16.3. The molecule has 2 atom stereocenters. The molecule has 0 saturated heterocycles. The molecule has 0 unspecified atom stereocenters. The normalized spacial score (nSPS) is 32.7. The topological polar surface area (TPSA) is 52.5 Å². The van der Waals surface area contributed by atoms with Crippen molar-refractivity contribution >= 4 is 0 Å². The molecule has 0 aliphatic heterocycles. The van der Waals surface area contributed by atoms with Gasteiger partial charge in [-0.1, -0.05) is 25.3 Å². The van der Waals surface area contributed by atoms with E-state index in [1.807, 2.05) is 6.07 Å². The number of phenols is 1. The fourth-order valence-corrected chi connectivity index (χ4v) is 5.43. The van der Waals surface area contributed by atoms with Crippen molar-refractivity contribution in [3.05, 3.63) is 29.3 Å². The van der Waals surface area contributed by atoms with Crippen molar-refractivity contribution in [3.8, 4) is 5.75 Å². The number of aromatic hydroxyl groups is 1. The summed E-state index contributed by atoms with van der Waals surface area (Å²) in [5, 5.41) is 25.3. The molecule has 0 amide bonds. The molecule has 0 heterocycles. The maximum atomic E-state index is 11.5. The quantitative estimate of drug-likeness (QED) is 0.723. The predicted molar refractivity (Wildman–Crippen MR) is 96.4 cm³/mol. The molecule has 0 aromatic heterocycles. The van der Waals surface area contributed by atoms with Crippen LogP contribution in [0.25, 0.3) is 0 Å². The highest BCUT2D eigenvalue weighted by Gasteiger charge is 2.54. The van der Waals surface area contributed by atoms with Crippen LogP contribution in [0.15, 0.2) is 18.2 Å². The van der Waals surface area contributed by atoms with Crippen molar-refractivity contribution in [1.82, 2.24) is 5.32 Å². The fourth-order valence-electron chi connectivity index (χ4n) is 5.43. The van der Waals surface area contributed by atoms with Gasteiger partial charge in [0.25, 0.3) is 0 Å². The van der Waals surface area contributed by atoms with Gasteiger partial charge in [0, 0.05) is 5.41 Å². The average Bonchev–Trinajstić information content (AvgIpc) is 2.53. The van der Waals surface area contributed by atoms with Gasteiger partial charge in [-0.15, -0.1) is 0 Å². The number of rotatable bonds is 5. The second-order valence-corrected chi connectivity index (χ2v) is 8.41. The molecule has 24 heavy (non-hydrogen) atoms. The van der Waals surface area contributed by atoms with Crippen LogP contribution < -0.4 is 5.32 Å². The molecule has 4 rings (SSSR count). The minimum Gasteiger partial charge on any atom is -0.508 e. The van der Waals surface area contributed by atoms with E-state index >= 15 is 0 Å². The van der Waals surface area contributed by atoms with Crippen LogP contribution >= 0.6 is 0 Å². The van der Waals surface area contributed by atoms with E-state index in [-0.39, 0.29) is 5.41 Å². The summed E-state index contributed by atoms with van der Waals surface area (Å²) >= 11 is 0. The Kier molecular flexibility index (Phi) is 4.34. The van der Waals surface area contributed by atoms with Crippen molar-refractivity contribution in [2.24, 2.45) is 5.92 Å². The minimum absolute atomic E-state index is 0.176. The van der Waals surface area contributed by atoms with Crippen molar-refractivity contribution in [2.45, 2.75) is 75.2 Å². The number of aliphatic hydroxyl groups is 1. The summed E-state index contributed by atoms with van der Waals surface area (Å²) in [6, 6.07) is 5.81. The molecule has 0 bridgehead atoms. The SMILES string of the molecule is Oc1ccc2c(c1)[C@]1(CCNCC3CCC3)CCCC[C@]1(O)CC2. The maximum absolute atomic E-state index is 11.5. The molecular formula is C21H31NO2. The summed E-state index contributed by atoms with van der Waals surface area (Å²) in [6.07, 6.45) is 11.2. The summed E-state index contributed by atoms with van der Waals surface area (Å²) < 4.78 is 0. The lowest BCUT2D eigenvalue weighted by Crippen LogP contribution is -2.57. The number of fused-ring (bicyclic) bond motifs is 3. The van der Waals surface area contributed by atoms with Gasteiger partial charge < -0.3 is 15.5 Å². The van der Waals surface area contributed by atoms with Gasteiger partial charge in [0.2, 0.25) is 0 Å². The van der Waals surface area contributed by atoms with Gasteiger partial charge in [-0.25, -0.2) is 0 Å². The molecule has 3 aliphatic carbocycles. The van der Waals surface area contributed by atoms with E-state index in [0.717, 1.165) is 57.5 Å². The van der Waals surface area contributed by atoms with Gasteiger partial charge in [0.05, 0.1) is 5.60 Å². The molecule has 2 saturated carbocycles. The Morgan fingerprint density at radius 3 is 2.71 bits per heavy atom. The monoisotopic (exact) mass is 329 g/mol. The Hall–Kier alpha value is -1.06. The fraction of sp³-hybridized carbons (Fsp3) is 0.714. The van der Waals surface area contributed by atoms with Crippen molar-refractivity contribution in [3.63, 3.8) is 0 Å². The molecule has 3 heteroatoms. The first kappa shape index (κ1) is 16.4. The van der Waals surface area contributed by atoms with Crippen molar-refractivity contribution < 1.29 is 10.2 Å². The Bertz CT molecular complexity index is 598. The molecule has 3 nitrogen and oxygen atoms in total. The van der Waals surface area contributed by atoms with Gasteiger partial charge in [-0.05, 0) is 87.2 Å². The van der Waals surface area contributed by atoms with Crippen LogP contribution in [0.3, 0.4) is 0 Å². The highest BCUT2D eigenvalue weighted by Crippen LogP contribution is 2.55. The van der Waals surface area contributed by atoms with Gasteiger partial charge in [-0.2, -0.15) is 0 Å². The third kappa shape index (κ3) is 2.66. The Morgan fingerprint density at radius 2 is 1.92 bits per heavy atom. The van der Waals surface area contributed by atoms with E-state index in [2.05, 4.69) is 11.4 Å². The van der Waals surface area contributed by atoms with Crippen molar-refractivity contribution in [2.75, 3.05) is 13.1 Å². The highest BCUT2D eigenvalue weighted by molar-refractivity contribution is 5.45. The third-order valence-electron chi connectivity index (χ3n) is 7.14. The number of benzene rings is 1. The molecule has 3 aliphatic rings. The van der Waals surface area contributed by atoms with Gasteiger partial charge in [0.15, 0.2) is 0 Å². The van der Waals surface area contributed by atoms with E-state index in [1.54, 1.807) is 6.07 Å². The minimum atomic E-state index is -0.593. The number of hydrogen-bond donors (Lipinski definition) is 3. The first-order valence-corrected chi connectivity index (χ1v) is 9.88. The molecule has 0 radical (unpaired) electrons. The van der Waals surface area contributed by atoms with Gasteiger partial charge in [-0.3, -0.25) is 0 Å².